The summed E-state index contributed by atoms with van der Waals surface area (Å²) >= 11 is 10.9. The van der Waals surface area contributed by atoms with E-state index in [1.165, 1.54) is 11.3 Å². The molecule has 0 radical (unpaired) electrons. The molecule has 1 aliphatic rings. The molecule has 1 aliphatic heterocycles. The van der Waals surface area contributed by atoms with E-state index >= 15 is 0 Å². The van der Waals surface area contributed by atoms with Crippen LogP contribution in [0.5, 0.6) is 11.5 Å². The second kappa shape index (κ2) is 7.11. The molecule has 0 aliphatic carbocycles. The van der Waals surface area contributed by atoms with Gasteiger partial charge in [0.1, 0.15) is 13.2 Å². The first-order valence-corrected chi connectivity index (χ1v) is 9.08. The second-order valence-electron chi connectivity index (χ2n) is 5.22. The van der Waals surface area contributed by atoms with E-state index in [0.717, 1.165) is 19.2 Å². The van der Waals surface area contributed by atoms with Gasteiger partial charge in [-0.05, 0) is 29.8 Å². The molecule has 0 spiro atoms. The summed E-state index contributed by atoms with van der Waals surface area (Å²) in [6.45, 7) is 1.63. The lowest BCUT2D eigenvalue weighted by Crippen LogP contribution is -2.27. The average molecular weight is 417 g/mol. The van der Waals surface area contributed by atoms with Crippen LogP contribution >= 0.6 is 38.9 Å². The molecule has 1 amide bonds. The first-order chi connectivity index (χ1) is 11.0. The van der Waals surface area contributed by atoms with Crippen molar-refractivity contribution in [1.29, 1.82) is 0 Å². The number of carbonyl (C=O) groups is 1. The van der Waals surface area contributed by atoms with Crippen LogP contribution in [0, 0.1) is 0 Å². The molecule has 122 valence electrons. The highest BCUT2D eigenvalue weighted by Crippen LogP contribution is 2.35. The van der Waals surface area contributed by atoms with Gasteiger partial charge in [-0.3, -0.25) is 4.79 Å². The third-order valence-corrected chi connectivity index (χ3v) is 5.45. The quantitative estimate of drug-likeness (QED) is 0.752. The molecule has 0 atom stereocenters. The van der Waals surface area contributed by atoms with Crippen molar-refractivity contribution in [2.75, 3.05) is 20.3 Å². The van der Waals surface area contributed by atoms with E-state index in [9.17, 15) is 4.79 Å². The first kappa shape index (κ1) is 16.6. The fraction of sp³-hybridized carbons (Fsp3) is 0.312. The number of carbonyl (C=O) groups excluding carboxylic acids is 1. The Bertz CT molecular complexity index is 734. The Morgan fingerprint density at radius 2 is 2.00 bits per heavy atom. The molecular weight excluding hydrogens is 402 g/mol. The highest BCUT2D eigenvalue weighted by molar-refractivity contribution is 9.10. The summed E-state index contributed by atoms with van der Waals surface area (Å²) in [6, 6.07) is 7.51. The monoisotopic (exact) mass is 415 g/mol. The van der Waals surface area contributed by atoms with Crippen LogP contribution in [0.2, 0.25) is 4.34 Å². The Labute approximate surface area is 152 Å². The molecule has 4 nitrogen and oxygen atoms in total. The van der Waals surface area contributed by atoms with E-state index in [2.05, 4.69) is 15.9 Å². The molecule has 0 N–H and O–H groups in total. The minimum atomic E-state index is 0.0342. The minimum absolute atomic E-state index is 0.0342. The number of amides is 1. The smallest absolute Gasteiger partial charge is 0.227 e. The average Bonchev–Trinajstić information content (AvgIpc) is 2.93. The SMILES string of the molecule is CN(Cc1ccc(Cl)s1)C(=O)Cc1cc2c(cc1Br)OCCO2. The molecule has 23 heavy (non-hydrogen) atoms. The number of thiophene rings is 1. The standard InChI is InChI=1S/C16H15BrClNO3S/c1-19(9-11-2-3-15(18)23-11)16(20)7-10-6-13-14(8-12(10)17)22-5-4-21-13/h2-3,6,8H,4-5,7,9H2,1H3. The summed E-state index contributed by atoms with van der Waals surface area (Å²) in [6.07, 6.45) is 0.298. The van der Waals surface area contributed by atoms with Crippen molar-refractivity contribution in [3.8, 4) is 11.5 Å². The van der Waals surface area contributed by atoms with Gasteiger partial charge < -0.3 is 14.4 Å². The van der Waals surface area contributed by atoms with Gasteiger partial charge in [-0.15, -0.1) is 11.3 Å². The predicted molar refractivity (Wildman–Crippen MR) is 94.6 cm³/mol. The summed E-state index contributed by atoms with van der Waals surface area (Å²) in [5.41, 5.74) is 0.885. The summed E-state index contributed by atoms with van der Waals surface area (Å²) in [5, 5.41) is 0. The highest BCUT2D eigenvalue weighted by atomic mass is 79.9. The zero-order valence-corrected chi connectivity index (χ0v) is 15.6. The van der Waals surface area contributed by atoms with E-state index in [4.69, 9.17) is 21.1 Å². The van der Waals surface area contributed by atoms with Crippen LogP contribution < -0.4 is 9.47 Å². The predicted octanol–water partition coefficient (Wildman–Crippen LogP) is 4.14. The van der Waals surface area contributed by atoms with Crippen molar-refractivity contribution in [3.63, 3.8) is 0 Å². The van der Waals surface area contributed by atoms with Gasteiger partial charge in [0.05, 0.1) is 17.3 Å². The van der Waals surface area contributed by atoms with Crippen LogP contribution in [0.25, 0.3) is 0 Å². The van der Waals surface area contributed by atoms with E-state index in [-0.39, 0.29) is 5.91 Å². The summed E-state index contributed by atoms with van der Waals surface area (Å²) in [7, 11) is 1.79. The van der Waals surface area contributed by atoms with Crippen molar-refractivity contribution in [1.82, 2.24) is 4.90 Å². The van der Waals surface area contributed by atoms with Crippen molar-refractivity contribution < 1.29 is 14.3 Å². The fourth-order valence-electron chi connectivity index (χ4n) is 2.30. The van der Waals surface area contributed by atoms with Gasteiger partial charge in [-0.1, -0.05) is 27.5 Å². The molecule has 2 heterocycles. The molecule has 0 saturated heterocycles. The second-order valence-corrected chi connectivity index (χ2v) is 7.87. The maximum Gasteiger partial charge on any atom is 0.227 e. The van der Waals surface area contributed by atoms with Crippen LogP contribution in [0.4, 0.5) is 0 Å². The van der Waals surface area contributed by atoms with Crippen LogP contribution in [-0.2, 0) is 17.8 Å². The number of rotatable bonds is 4. The Balaban J connectivity index is 1.69. The van der Waals surface area contributed by atoms with Gasteiger partial charge in [0.2, 0.25) is 5.91 Å². The molecule has 0 unspecified atom stereocenters. The van der Waals surface area contributed by atoms with Gasteiger partial charge in [0.25, 0.3) is 0 Å². The normalized spacial score (nSPS) is 13.0. The lowest BCUT2D eigenvalue weighted by atomic mass is 10.1. The van der Waals surface area contributed by atoms with Gasteiger partial charge in [0.15, 0.2) is 11.5 Å². The lowest BCUT2D eigenvalue weighted by molar-refractivity contribution is -0.129. The summed E-state index contributed by atoms with van der Waals surface area (Å²) < 4.78 is 12.7. The third kappa shape index (κ3) is 4.00. The summed E-state index contributed by atoms with van der Waals surface area (Å²) in [4.78, 5) is 15.2. The number of halogens is 2. The van der Waals surface area contributed by atoms with Crippen LogP contribution in [0.3, 0.4) is 0 Å². The topological polar surface area (TPSA) is 38.8 Å². The zero-order valence-electron chi connectivity index (χ0n) is 12.5. The maximum absolute atomic E-state index is 12.4. The highest BCUT2D eigenvalue weighted by Gasteiger charge is 2.18. The van der Waals surface area contributed by atoms with Gasteiger partial charge in [0, 0.05) is 16.4 Å². The number of hydrogen-bond donors (Lipinski definition) is 0. The molecule has 2 aromatic rings. The van der Waals surface area contributed by atoms with Crippen LogP contribution in [-0.4, -0.2) is 31.1 Å². The van der Waals surface area contributed by atoms with Crippen molar-refractivity contribution >= 4 is 44.8 Å². The number of hydrogen-bond acceptors (Lipinski definition) is 4. The van der Waals surface area contributed by atoms with E-state index in [1.807, 2.05) is 24.3 Å². The largest absolute Gasteiger partial charge is 0.486 e. The third-order valence-electron chi connectivity index (χ3n) is 3.50. The maximum atomic E-state index is 12.4. The van der Waals surface area contributed by atoms with Crippen LogP contribution in [0.1, 0.15) is 10.4 Å². The van der Waals surface area contributed by atoms with Crippen LogP contribution in [0.15, 0.2) is 28.7 Å². The van der Waals surface area contributed by atoms with Crippen molar-refractivity contribution in [2.24, 2.45) is 0 Å². The minimum Gasteiger partial charge on any atom is -0.486 e. The molecule has 7 heteroatoms. The number of fused-ring (bicyclic) bond motifs is 1. The number of benzene rings is 1. The Morgan fingerprint density at radius 1 is 1.30 bits per heavy atom. The zero-order chi connectivity index (χ0) is 16.4. The lowest BCUT2D eigenvalue weighted by Gasteiger charge is -2.21. The molecule has 0 bridgehead atoms. The number of ether oxygens (including phenoxy) is 2. The molecule has 0 saturated carbocycles. The fourth-order valence-corrected chi connectivity index (χ4v) is 3.90. The van der Waals surface area contributed by atoms with E-state index < -0.39 is 0 Å². The van der Waals surface area contributed by atoms with Gasteiger partial charge in [-0.25, -0.2) is 0 Å². The van der Waals surface area contributed by atoms with E-state index in [0.29, 0.717) is 37.7 Å². The first-order valence-electron chi connectivity index (χ1n) is 7.09. The van der Waals surface area contributed by atoms with Gasteiger partial charge >= 0.3 is 0 Å². The van der Waals surface area contributed by atoms with Crippen molar-refractivity contribution in [2.45, 2.75) is 13.0 Å². The molecule has 1 aromatic heterocycles. The molecular formula is C16H15BrClNO3S. The van der Waals surface area contributed by atoms with E-state index in [1.54, 1.807) is 11.9 Å². The number of nitrogens with zero attached hydrogens (tertiary/aromatic N) is 1. The Morgan fingerprint density at radius 3 is 2.65 bits per heavy atom. The molecule has 3 rings (SSSR count). The van der Waals surface area contributed by atoms with Gasteiger partial charge in [-0.2, -0.15) is 0 Å². The van der Waals surface area contributed by atoms with Crippen molar-refractivity contribution in [3.05, 3.63) is 43.5 Å². The Kier molecular flexibility index (Phi) is 5.14. The summed E-state index contributed by atoms with van der Waals surface area (Å²) in [5.74, 6) is 1.43. The number of likely N-dealkylation sites (N-methyl/N-ethyl adjacent to an activating group) is 1. The molecule has 0 fully saturated rings. The molecule has 1 aromatic carbocycles. The Hall–Kier alpha value is -1.24.